The summed E-state index contributed by atoms with van der Waals surface area (Å²) in [5.74, 6) is 0.540. The predicted molar refractivity (Wildman–Crippen MR) is 101 cm³/mol. The molecule has 0 aliphatic carbocycles. The second-order valence-electron chi connectivity index (χ2n) is 5.52. The quantitative estimate of drug-likeness (QED) is 0.656. The van der Waals surface area contributed by atoms with E-state index in [1.165, 1.54) is 7.11 Å². The molecule has 0 atom stereocenters. The Morgan fingerprint density at radius 1 is 1.20 bits per heavy atom. The van der Waals surface area contributed by atoms with Crippen LogP contribution < -0.4 is 4.74 Å². The second kappa shape index (κ2) is 7.44. The molecule has 0 spiro atoms. The van der Waals surface area contributed by atoms with E-state index in [2.05, 4.69) is 15.2 Å². The number of ether oxygens (including phenoxy) is 1. The van der Waals surface area contributed by atoms with Gasteiger partial charge in [-0.15, -0.1) is 0 Å². The normalized spacial score (nSPS) is 11.2. The average Bonchev–Trinajstić information content (AvgIpc) is 2.94. The minimum absolute atomic E-state index is 0.113. The molecular formula is C19H19N3O2S. The Balaban J connectivity index is 1.88. The lowest BCUT2D eigenvalue weighted by molar-refractivity contribution is 0.373. The lowest BCUT2D eigenvalue weighted by atomic mass is 10.2. The highest BCUT2D eigenvalue weighted by Gasteiger charge is 2.10. The zero-order valence-electron chi connectivity index (χ0n) is 14.3. The van der Waals surface area contributed by atoms with Crippen LogP contribution in [-0.2, 0) is 0 Å². The number of aliphatic imine (C=N–C) groups is 1. The standard InChI is InChI=1S/C19H19N3O2S/c1-12-19(13(2)22-21-12)25-18-7-5-4-6-15(18)20-11-14-8-9-16(23)17(10-14)24-3/h4-11,23H,1-3H3,(H,21,22). The van der Waals surface area contributed by atoms with Crippen molar-refractivity contribution in [1.82, 2.24) is 10.2 Å². The van der Waals surface area contributed by atoms with Crippen molar-refractivity contribution >= 4 is 23.7 Å². The van der Waals surface area contributed by atoms with Crippen LogP contribution >= 0.6 is 11.8 Å². The number of phenolic OH excluding ortho intramolecular Hbond substituents is 1. The Bertz CT molecular complexity index is 899. The highest BCUT2D eigenvalue weighted by Crippen LogP contribution is 2.37. The third-order valence-electron chi connectivity index (χ3n) is 3.69. The van der Waals surface area contributed by atoms with Crippen LogP contribution in [0, 0.1) is 13.8 Å². The number of nitrogens with zero attached hydrogens (tertiary/aromatic N) is 2. The first kappa shape index (κ1) is 17.1. The number of aromatic amines is 1. The molecule has 1 aromatic heterocycles. The molecule has 0 aliphatic rings. The van der Waals surface area contributed by atoms with Crippen LogP contribution in [0.3, 0.4) is 0 Å². The highest BCUT2D eigenvalue weighted by molar-refractivity contribution is 7.99. The van der Waals surface area contributed by atoms with E-state index in [9.17, 15) is 5.11 Å². The van der Waals surface area contributed by atoms with Crippen molar-refractivity contribution in [2.75, 3.05) is 7.11 Å². The van der Waals surface area contributed by atoms with Gasteiger partial charge in [-0.05, 0) is 49.7 Å². The number of para-hydroxylation sites is 1. The third-order valence-corrected chi connectivity index (χ3v) is 5.07. The van der Waals surface area contributed by atoms with Gasteiger partial charge in [-0.1, -0.05) is 23.9 Å². The molecule has 2 N–H and O–H groups in total. The smallest absolute Gasteiger partial charge is 0.161 e. The number of methoxy groups -OCH3 is 1. The summed E-state index contributed by atoms with van der Waals surface area (Å²) in [6, 6.07) is 13.1. The van der Waals surface area contributed by atoms with Crippen LogP contribution in [-0.4, -0.2) is 28.6 Å². The molecule has 0 aliphatic heterocycles. The average molecular weight is 353 g/mol. The summed E-state index contributed by atoms with van der Waals surface area (Å²) in [5.41, 5.74) is 3.75. The Kier molecular flexibility index (Phi) is 5.09. The maximum atomic E-state index is 9.68. The lowest BCUT2D eigenvalue weighted by Crippen LogP contribution is -1.87. The lowest BCUT2D eigenvalue weighted by Gasteiger charge is -2.06. The number of benzene rings is 2. The van der Waals surface area contributed by atoms with Crippen LogP contribution in [0.25, 0.3) is 0 Å². The monoisotopic (exact) mass is 353 g/mol. The zero-order chi connectivity index (χ0) is 17.8. The molecule has 0 radical (unpaired) electrons. The molecule has 0 amide bonds. The van der Waals surface area contributed by atoms with E-state index in [1.807, 2.05) is 38.1 Å². The summed E-state index contributed by atoms with van der Waals surface area (Å²) in [6.45, 7) is 4.00. The van der Waals surface area contributed by atoms with Gasteiger partial charge in [-0.25, -0.2) is 0 Å². The van der Waals surface area contributed by atoms with Gasteiger partial charge in [0.2, 0.25) is 0 Å². The first-order valence-electron chi connectivity index (χ1n) is 7.78. The molecule has 6 heteroatoms. The van der Waals surface area contributed by atoms with Gasteiger partial charge < -0.3 is 9.84 Å². The molecule has 3 rings (SSSR count). The fourth-order valence-corrected chi connectivity index (χ4v) is 3.35. The van der Waals surface area contributed by atoms with E-state index >= 15 is 0 Å². The number of aromatic hydroxyl groups is 1. The van der Waals surface area contributed by atoms with Crippen molar-refractivity contribution in [1.29, 1.82) is 0 Å². The van der Waals surface area contributed by atoms with Gasteiger partial charge >= 0.3 is 0 Å². The minimum Gasteiger partial charge on any atom is -0.504 e. The third kappa shape index (κ3) is 3.85. The molecule has 5 nitrogen and oxygen atoms in total. The predicted octanol–water partition coefficient (Wildman–Crippen LogP) is 4.64. The van der Waals surface area contributed by atoms with Gasteiger partial charge in [0.25, 0.3) is 0 Å². The van der Waals surface area contributed by atoms with E-state index in [0.717, 1.165) is 32.4 Å². The molecule has 0 saturated carbocycles. The van der Waals surface area contributed by atoms with Crippen molar-refractivity contribution < 1.29 is 9.84 Å². The maximum absolute atomic E-state index is 9.68. The van der Waals surface area contributed by atoms with Crippen LogP contribution in [0.5, 0.6) is 11.5 Å². The van der Waals surface area contributed by atoms with Gasteiger partial charge in [-0.3, -0.25) is 10.1 Å². The van der Waals surface area contributed by atoms with E-state index in [1.54, 1.807) is 36.2 Å². The van der Waals surface area contributed by atoms with E-state index in [0.29, 0.717) is 5.75 Å². The number of phenols is 1. The Hall–Kier alpha value is -2.73. The highest BCUT2D eigenvalue weighted by atomic mass is 32.2. The number of hydrogen-bond donors (Lipinski definition) is 2. The molecule has 0 unspecified atom stereocenters. The minimum atomic E-state index is 0.113. The van der Waals surface area contributed by atoms with E-state index in [4.69, 9.17) is 4.74 Å². The van der Waals surface area contributed by atoms with Gasteiger partial charge in [0.1, 0.15) is 0 Å². The molecular weight excluding hydrogens is 334 g/mol. The van der Waals surface area contributed by atoms with Crippen LogP contribution in [0.2, 0.25) is 0 Å². The van der Waals surface area contributed by atoms with E-state index in [-0.39, 0.29) is 5.75 Å². The largest absolute Gasteiger partial charge is 0.504 e. The summed E-state index contributed by atoms with van der Waals surface area (Å²) in [7, 11) is 1.53. The summed E-state index contributed by atoms with van der Waals surface area (Å²) in [6.07, 6.45) is 1.76. The molecule has 2 aromatic carbocycles. The number of nitrogens with one attached hydrogen (secondary N) is 1. The Morgan fingerprint density at radius 2 is 2.00 bits per heavy atom. The first-order chi connectivity index (χ1) is 12.1. The van der Waals surface area contributed by atoms with Crippen molar-refractivity contribution in [3.8, 4) is 11.5 Å². The summed E-state index contributed by atoms with van der Waals surface area (Å²) in [4.78, 5) is 6.78. The molecule has 0 saturated heterocycles. The van der Waals surface area contributed by atoms with Gasteiger partial charge in [0, 0.05) is 16.8 Å². The molecule has 3 aromatic rings. The SMILES string of the molecule is COc1cc(C=Nc2ccccc2Sc2c(C)n[nH]c2C)ccc1O. The first-order valence-corrected chi connectivity index (χ1v) is 8.59. The van der Waals surface area contributed by atoms with Crippen molar-refractivity contribution in [3.05, 3.63) is 59.4 Å². The zero-order valence-corrected chi connectivity index (χ0v) is 15.1. The maximum Gasteiger partial charge on any atom is 0.161 e. The van der Waals surface area contributed by atoms with Crippen LogP contribution in [0.1, 0.15) is 17.0 Å². The van der Waals surface area contributed by atoms with E-state index < -0.39 is 0 Å². The number of aryl methyl sites for hydroxylation is 2. The Morgan fingerprint density at radius 3 is 2.72 bits per heavy atom. The molecule has 128 valence electrons. The number of H-pyrrole nitrogens is 1. The summed E-state index contributed by atoms with van der Waals surface area (Å²) in [5, 5.41) is 16.9. The summed E-state index contributed by atoms with van der Waals surface area (Å²) < 4.78 is 5.13. The summed E-state index contributed by atoms with van der Waals surface area (Å²) >= 11 is 1.65. The number of rotatable bonds is 5. The molecule has 0 bridgehead atoms. The van der Waals surface area contributed by atoms with Crippen molar-refractivity contribution in [3.63, 3.8) is 0 Å². The van der Waals surface area contributed by atoms with Crippen LogP contribution in [0.15, 0.2) is 57.2 Å². The fourth-order valence-electron chi connectivity index (χ4n) is 2.37. The fraction of sp³-hybridized carbons (Fsp3) is 0.158. The van der Waals surface area contributed by atoms with Gasteiger partial charge in [-0.2, -0.15) is 5.10 Å². The second-order valence-corrected chi connectivity index (χ2v) is 6.57. The molecule has 0 fully saturated rings. The van der Waals surface area contributed by atoms with Crippen molar-refractivity contribution in [2.45, 2.75) is 23.6 Å². The molecule has 25 heavy (non-hydrogen) atoms. The van der Waals surface area contributed by atoms with Gasteiger partial charge in [0.05, 0.1) is 23.4 Å². The Labute approximate surface area is 150 Å². The van der Waals surface area contributed by atoms with Crippen molar-refractivity contribution in [2.24, 2.45) is 4.99 Å². The van der Waals surface area contributed by atoms with Gasteiger partial charge in [0.15, 0.2) is 11.5 Å². The number of aromatic nitrogens is 2. The molecule has 1 heterocycles. The topological polar surface area (TPSA) is 70.5 Å². The number of hydrogen-bond acceptors (Lipinski definition) is 5. The van der Waals surface area contributed by atoms with Crippen LogP contribution in [0.4, 0.5) is 5.69 Å².